The first-order chi connectivity index (χ1) is 8.54. The Morgan fingerprint density at radius 3 is 1.79 bits per heavy atom. The average molecular weight is 291 g/mol. The van der Waals surface area contributed by atoms with Crippen LogP contribution in [0.1, 0.15) is 11.6 Å². The lowest BCUT2D eigenvalue weighted by atomic mass is 10.1. The van der Waals surface area contributed by atoms with Gasteiger partial charge >= 0.3 is 18.7 Å². The van der Waals surface area contributed by atoms with E-state index in [0.717, 1.165) is 12.1 Å². The number of alkyl halides is 7. The van der Waals surface area contributed by atoms with Crippen molar-refractivity contribution in [1.29, 1.82) is 0 Å². The molecule has 1 atom stereocenters. The van der Waals surface area contributed by atoms with Crippen molar-refractivity contribution in [2.45, 2.75) is 24.8 Å². The van der Waals surface area contributed by atoms with Gasteiger partial charge in [-0.15, -0.1) is 0 Å². The first-order valence-electron chi connectivity index (χ1n) is 4.81. The van der Waals surface area contributed by atoms with Crippen molar-refractivity contribution >= 4 is 0 Å². The molecule has 2 N–H and O–H groups in total. The van der Waals surface area contributed by atoms with Crippen LogP contribution in [0.2, 0.25) is 0 Å². The predicted molar refractivity (Wildman–Crippen MR) is 51.0 cm³/mol. The summed E-state index contributed by atoms with van der Waals surface area (Å²) in [6.45, 7) is 0. The molecule has 0 spiro atoms. The van der Waals surface area contributed by atoms with Gasteiger partial charge in [-0.25, -0.2) is 0 Å². The number of nitrogens with two attached hydrogens (primary N) is 1. The zero-order valence-electron chi connectivity index (χ0n) is 9.10. The first-order valence-corrected chi connectivity index (χ1v) is 4.81. The Bertz CT molecular complexity index is 415. The Kier molecular flexibility index (Phi) is 4.28. The van der Waals surface area contributed by atoms with E-state index in [4.69, 9.17) is 5.73 Å². The molecule has 19 heavy (non-hydrogen) atoms. The summed E-state index contributed by atoms with van der Waals surface area (Å²) in [4.78, 5) is 0. The summed E-state index contributed by atoms with van der Waals surface area (Å²) in [5.74, 6) is -0.691. The zero-order chi connectivity index (χ0) is 14.8. The molecule has 0 saturated carbocycles. The van der Waals surface area contributed by atoms with Gasteiger partial charge in [0.05, 0.1) is 0 Å². The molecule has 1 aromatic rings. The standard InChI is InChI=1S/C10H8F7NO/c11-8(12)10(16,17)19-6-3-1-5(2-4-6)7(18)9(13,14)15/h1-4,7-8H,18H2/t7-/m1/s1. The summed E-state index contributed by atoms with van der Waals surface area (Å²) in [6.07, 6.45) is -13.5. The molecular formula is C10H8F7NO. The summed E-state index contributed by atoms with van der Waals surface area (Å²) in [7, 11) is 0. The van der Waals surface area contributed by atoms with E-state index in [-0.39, 0.29) is 0 Å². The Labute approximate surface area is 103 Å². The zero-order valence-corrected chi connectivity index (χ0v) is 9.10. The molecule has 9 heteroatoms. The minimum atomic E-state index is -4.71. The van der Waals surface area contributed by atoms with Crippen molar-refractivity contribution in [3.05, 3.63) is 29.8 Å². The smallest absolute Gasteiger partial charge is 0.428 e. The lowest BCUT2D eigenvalue weighted by molar-refractivity contribution is -0.253. The maximum absolute atomic E-state index is 12.5. The fourth-order valence-electron chi connectivity index (χ4n) is 1.13. The summed E-state index contributed by atoms with van der Waals surface area (Å²) < 4.78 is 89.0. The predicted octanol–water partition coefficient (Wildman–Crippen LogP) is 3.49. The van der Waals surface area contributed by atoms with Gasteiger partial charge in [0.1, 0.15) is 11.8 Å². The molecule has 0 heterocycles. The number of ether oxygens (including phenoxy) is 1. The Morgan fingerprint density at radius 1 is 0.947 bits per heavy atom. The lowest BCUT2D eigenvalue weighted by Gasteiger charge is -2.18. The number of hydrogen-bond acceptors (Lipinski definition) is 2. The Hall–Kier alpha value is -1.51. The number of rotatable bonds is 4. The SMILES string of the molecule is N[C@H](c1ccc(OC(F)(F)C(F)F)cc1)C(F)(F)F. The van der Waals surface area contributed by atoms with E-state index in [1.54, 1.807) is 0 Å². The van der Waals surface area contributed by atoms with Gasteiger partial charge in [0, 0.05) is 0 Å². The topological polar surface area (TPSA) is 35.2 Å². The molecule has 0 radical (unpaired) electrons. The normalized spacial score (nSPS) is 14.6. The minimum absolute atomic E-state index is 0.403. The number of hydrogen-bond donors (Lipinski definition) is 1. The maximum Gasteiger partial charge on any atom is 0.461 e. The summed E-state index contributed by atoms with van der Waals surface area (Å²) in [5.41, 5.74) is 4.46. The van der Waals surface area contributed by atoms with Crippen LogP contribution in [0.25, 0.3) is 0 Å². The van der Waals surface area contributed by atoms with Crippen molar-refractivity contribution in [3.8, 4) is 5.75 Å². The van der Waals surface area contributed by atoms with Gasteiger partial charge < -0.3 is 10.5 Å². The van der Waals surface area contributed by atoms with Crippen LogP contribution in [0.5, 0.6) is 5.75 Å². The van der Waals surface area contributed by atoms with Crippen LogP contribution in [-0.2, 0) is 0 Å². The maximum atomic E-state index is 12.5. The molecular weight excluding hydrogens is 283 g/mol. The quantitative estimate of drug-likeness (QED) is 0.862. The van der Waals surface area contributed by atoms with Gasteiger partial charge in [-0.05, 0) is 17.7 Å². The molecule has 0 aliphatic carbocycles. The second-order valence-electron chi connectivity index (χ2n) is 3.55. The van der Waals surface area contributed by atoms with Crippen molar-refractivity contribution in [3.63, 3.8) is 0 Å². The molecule has 0 unspecified atom stereocenters. The van der Waals surface area contributed by atoms with Crippen LogP contribution in [0.4, 0.5) is 30.7 Å². The molecule has 0 bridgehead atoms. The highest BCUT2D eigenvalue weighted by Gasteiger charge is 2.44. The number of benzene rings is 1. The van der Waals surface area contributed by atoms with Crippen LogP contribution in [0, 0.1) is 0 Å². The molecule has 0 amide bonds. The second kappa shape index (κ2) is 5.24. The van der Waals surface area contributed by atoms with E-state index in [9.17, 15) is 30.7 Å². The molecule has 0 fully saturated rings. The van der Waals surface area contributed by atoms with Gasteiger partial charge in [-0.3, -0.25) is 0 Å². The lowest BCUT2D eigenvalue weighted by Crippen LogP contribution is -2.33. The number of halogens is 7. The van der Waals surface area contributed by atoms with Gasteiger partial charge in [0.15, 0.2) is 0 Å². The van der Waals surface area contributed by atoms with Gasteiger partial charge in [0.25, 0.3) is 0 Å². The highest BCUT2D eigenvalue weighted by atomic mass is 19.4. The van der Waals surface area contributed by atoms with Gasteiger partial charge in [-0.2, -0.15) is 30.7 Å². The Morgan fingerprint density at radius 2 is 1.42 bits per heavy atom. The fourth-order valence-corrected chi connectivity index (χ4v) is 1.13. The minimum Gasteiger partial charge on any atom is -0.428 e. The highest BCUT2D eigenvalue weighted by molar-refractivity contribution is 5.30. The van der Waals surface area contributed by atoms with Crippen molar-refractivity contribution in [2.75, 3.05) is 0 Å². The van der Waals surface area contributed by atoms with Crippen LogP contribution in [0.3, 0.4) is 0 Å². The van der Waals surface area contributed by atoms with E-state index in [0.29, 0.717) is 12.1 Å². The summed E-state index contributed by atoms with van der Waals surface area (Å²) >= 11 is 0. The third-order valence-corrected chi connectivity index (χ3v) is 2.10. The average Bonchev–Trinajstić information content (AvgIpc) is 2.27. The van der Waals surface area contributed by atoms with E-state index in [1.165, 1.54) is 0 Å². The third kappa shape index (κ3) is 3.98. The van der Waals surface area contributed by atoms with Crippen molar-refractivity contribution in [1.82, 2.24) is 0 Å². The van der Waals surface area contributed by atoms with Crippen LogP contribution in [-0.4, -0.2) is 18.7 Å². The summed E-state index contributed by atoms with van der Waals surface area (Å²) in [6, 6.07) is 0.663. The van der Waals surface area contributed by atoms with E-state index in [1.807, 2.05) is 0 Å². The van der Waals surface area contributed by atoms with E-state index >= 15 is 0 Å². The Balaban J connectivity index is 2.83. The summed E-state index contributed by atoms with van der Waals surface area (Å²) in [5, 5.41) is 0. The highest BCUT2D eigenvalue weighted by Crippen LogP contribution is 2.32. The van der Waals surface area contributed by atoms with Gasteiger partial charge in [0.2, 0.25) is 0 Å². The molecule has 1 rings (SSSR count). The first kappa shape index (κ1) is 15.5. The van der Waals surface area contributed by atoms with Gasteiger partial charge in [-0.1, -0.05) is 12.1 Å². The van der Waals surface area contributed by atoms with Crippen LogP contribution in [0.15, 0.2) is 24.3 Å². The fraction of sp³-hybridized carbons (Fsp3) is 0.400. The monoisotopic (exact) mass is 291 g/mol. The largest absolute Gasteiger partial charge is 0.461 e. The molecule has 2 nitrogen and oxygen atoms in total. The second-order valence-corrected chi connectivity index (χ2v) is 3.55. The van der Waals surface area contributed by atoms with E-state index in [2.05, 4.69) is 4.74 Å². The molecule has 0 saturated heterocycles. The molecule has 0 aliphatic heterocycles. The molecule has 0 aliphatic rings. The van der Waals surface area contributed by atoms with Crippen LogP contribution >= 0.6 is 0 Å². The molecule has 1 aromatic carbocycles. The van der Waals surface area contributed by atoms with Crippen LogP contribution < -0.4 is 10.5 Å². The third-order valence-electron chi connectivity index (χ3n) is 2.10. The molecule has 108 valence electrons. The van der Waals surface area contributed by atoms with E-state index < -0.39 is 36.1 Å². The van der Waals surface area contributed by atoms with Crippen molar-refractivity contribution in [2.24, 2.45) is 5.73 Å². The molecule has 0 aromatic heterocycles. The van der Waals surface area contributed by atoms with Crippen molar-refractivity contribution < 1.29 is 35.5 Å².